The third kappa shape index (κ3) is 4.10. The zero-order chi connectivity index (χ0) is 21.0. The average molecular weight is 409 g/mol. The van der Waals surface area contributed by atoms with Crippen molar-refractivity contribution in [2.24, 2.45) is 0 Å². The van der Waals surface area contributed by atoms with Gasteiger partial charge in [0, 0.05) is 42.1 Å². The van der Waals surface area contributed by atoms with Crippen LogP contribution in [0.1, 0.15) is 12.0 Å². The Morgan fingerprint density at radius 2 is 1.90 bits per heavy atom. The van der Waals surface area contributed by atoms with Gasteiger partial charge >= 0.3 is 0 Å². The number of pyridine rings is 3. The maximum absolute atomic E-state index is 9.08. The maximum atomic E-state index is 9.08. The highest BCUT2D eigenvalue weighted by atomic mass is 15.1. The predicted octanol–water partition coefficient (Wildman–Crippen LogP) is 2.87. The minimum absolute atomic E-state index is 0.326. The van der Waals surface area contributed by atoms with E-state index < -0.39 is 0 Å². The summed E-state index contributed by atoms with van der Waals surface area (Å²) < 4.78 is 0. The highest BCUT2D eigenvalue weighted by Gasteiger charge is 2.17. The summed E-state index contributed by atoms with van der Waals surface area (Å²) in [5, 5.41) is 20.1. The zero-order valence-corrected chi connectivity index (χ0v) is 16.6. The van der Waals surface area contributed by atoms with E-state index in [1.54, 1.807) is 36.9 Å². The van der Waals surface area contributed by atoms with Gasteiger partial charge in [0.25, 0.3) is 0 Å². The SMILES string of the molecule is N#Cc1ccnc(Nc2cc(-c3nc(N[C@@H]4CCNC4)c4ccncc4n3)ccn2)c1. The summed E-state index contributed by atoms with van der Waals surface area (Å²) in [6.45, 7) is 1.90. The molecule has 4 aromatic rings. The Balaban J connectivity index is 1.50. The molecule has 1 fully saturated rings. The molecule has 31 heavy (non-hydrogen) atoms. The number of nitrogens with zero attached hydrogens (tertiary/aromatic N) is 6. The molecule has 0 bridgehead atoms. The van der Waals surface area contributed by atoms with E-state index in [-0.39, 0.29) is 0 Å². The molecule has 0 aliphatic carbocycles. The second-order valence-electron chi connectivity index (χ2n) is 7.22. The lowest BCUT2D eigenvalue weighted by Crippen LogP contribution is -2.23. The van der Waals surface area contributed by atoms with Gasteiger partial charge in [0.2, 0.25) is 0 Å². The minimum Gasteiger partial charge on any atom is -0.365 e. The maximum Gasteiger partial charge on any atom is 0.162 e. The second kappa shape index (κ2) is 8.30. The molecule has 1 aliphatic heterocycles. The van der Waals surface area contributed by atoms with E-state index in [0.717, 1.165) is 41.8 Å². The Morgan fingerprint density at radius 1 is 1.03 bits per heavy atom. The van der Waals surface area contributed by atoms with Crippen LogP contribution in [0.4, 0.5) is 17.5 Å². The van der Waals surface area contributed by atoms with Crippen molar-refractivity contribution in [1.29, 1.82) is 5.26 Å². The molecule has 0 radical (unpaired) electrons. The highest BCUT2D eigenvalue weighted by Crippen LogP contribution is 2.26. The minimum atomic E-state index is 0.326. The van der Waals surface area contributed by atoms with Crippen LogP contribution >= 0.6 is 0 Å². The van der Waals surface area contributed by atoms with Crippen molar-refractivity contribution in [3.63, 3.8) is 0 Å². The molecule has 0 aromatic carbocycles. The molecule has 152 valence electrons. The van der Waals surface area contributed by atoms with Crippen LogP contribution in [-0.2, 0) is 0 Å². The van der Waals surface area contributed by atoms with Crippen molar-refractivity contribution < 1.29 is 0 Å². The molecule has 3 N–H and O–H groups in total. The Kier molecular flexibility index (Phi) is 5.04. The van der Waals surface area contributed by atoms with Gasteiger partial charge in [-0.15, -0.1) is 0 Å². The fraction of sp³-hybridized carbons (Fsp3) is 0.182. The Morgan fingerprint density at radius 3 is 2.74 bits per heavy atom. The summed E-state index contributed by atoms with van der Waals surface area (Å²) in [5.74, 6) is 2.51. The molecular weight excluding hydrogens is 390 g/mol. The quantitative estimate of drug-likeness (QED) is 0.456. The predicted molar refractivity (Wildman–Crippen MR) is 118 cm³/mol. The lowest BCUT2D eigenvalue weighted by atomic mass is 10.2. The van der Waals surface area contributed by atoms with E-state index >= 15 is 0 Å². The van der Waals surface area contributed by atoms with E-state index in [2.05, 4.69) is 37.0 Å². The van der Waals surface area contributed by atoms with Crippen LogP contribution in [0.3, 0.4) is 0 Å². The fourth-order valence-electron chi connectivity index (χ4n) is 3.53. The summed E-state index contributed by atoms with van der Waals surface area (Å²) in [7, 11) is 0. The molecule has 9 heteroatoms. The van der Waals surface area contributed by atoms with Crippen molar-refractivity contribution in [2.75, 3.05) is 23.7 Å². The number of aromatic nitrogens is 5. The average Bonchev–Trinajstić information content (AvgIpc) is 3.32. The van der Waals surface area contributed by atoms with E-state index in [4.69, 9.17) is 15.2 Å². The highest BCUT2D eigenvalue weighted by molar-refractivity contribution is 5.90. The van der Waals surface area contributed by atoms with Crippen LogP contribution in [-0.4, -0.2) is 44.1 Å². The van der Waals surface area contributed by atoms with E-state index in [1.165, 1.54) is 0 Å². The lowest BCUT2D eigenvalue weighted by molar-refractivity contribution is 0.789. The van der Waals surface area contributed by atoms with Gasteiger partial charge in [-0.3, -0.25) is 4.98 Å². The van der Waals surface area contributed by atoms with E-state index in [0.29, 0.717) is 29.1 Å². The molecule has 1 atom stereocenters. The normalized spacial score (nSPS) is 15.5. The standard InChI is InChI=1S/C22H19N9/c23-11-14-1-7-26-19(9-14)30-20-10-15(2-8-27-20)21-29-18-13-25-6-4-17(18)22(31-21)28-16-3-5-24-12-16/h1-2,4,6-10,13,16,24H,3,5,12H2,(H,26,27,30)(H,28,29,31)/t16-/m1/s1. The van der Waals surface area contributed by atoms with E-state index in [1.807, 2.05) is 18.2 Å². The smallest absolute Gasteiger partial charge is 0.162 e. The van der Waals surface area contributed by atoms with Crippen LogP contribution in [0.2, 0.25) is 0 Å². The molecule has 0 saturated carbocycles. The van der Waals surface area contributed by atoms with Crippen molar-refractivity contribution in [3.8, 4) is 17.5 Å². The molecule has 0 amide bonds. The molecule has 1 aliphatic rings. The molecule has 5 rings (SSSR count). The molecule has 5 heterocycles. The summed E-state index contributed by atoms with van der Waals surface area (Å²) in [6.07, 6.45) is 7.82. The molecule has 1 saturated heterocycles. The van der Waals surface area contributed by atoms with Gasteiger partial charge in [-0.1, -0.05) is 0 Å². The van der Waals surface area contributed by atoms with Crippen molar-refractivity contribution in [2.45, 2.75) is 12.5 Å². The van der Waals surface area contributed by atoms with Crippen LogP contribution < -0.4 is 16.0 Å². The first-order chi connectivity index (χ1) is 15.3. The first-order valence-electron chi connectivity index (χ1n) is 9.97. The Hall–Kier alpha value is -4.16. The number of nitrogens with one attached hydrogen (secondary N) is 3. The van der Waals surface area contributed by atoms with Crippen LogP contribution in [0.5, 0.6) is 0 Å². The zero-order valence-electron chi connectivity index (χ0n) is 16.6. The third-order valence-corrected chi connectivity index (χ3v) is 5.06. The topological polar surface area (TPSA) is 124 Å². The number of hydrogen-bond acceptors (Lipinski definition) is 9. The van der Waals surface area contributed by atoms with Gasteiger partial charge in [0.05, 0.1) is 23.3 Å². The van der Waals surface area contributed by atoms with Gasteiger partial charge in [-0.2, -0.15) is 5.26 Å². The van der Waals surface area contributed by atoms with Crippen molar-refractivity contribution in [1.82, 2.24) is 30.2 Å². The van der Waals surface area contributed by atoms with Crippen LogP contribution in [0, 0.1) is 11.3 Å². The number of hydrogen-bond donors (Lipinski definition) is 3. The lowest BCUT2D eigenvalue weighted by Gasteiger charge is -2.15. The molecule has 0 unspecified atom stereocenters. The number of nitriles is 1. The Bertz CT molecular complexity index is 1280. The number of anilines is 3. The first-order valence-corrected chi connectivity index (χ1v) is 9.97. The fourth-order valence-corrected chi connectivity index (χ4v) is 3.53. The first kappa shape index (κ1) is 18.8. The van der Waals surface area contributed by atoms with Crippen LogP contribution in [0.15, 0.2) is 55.1 Å². The van der Waals surface area contributed by atoms with Crippen molar-refractivity contribution >= 4 is 28.4 Å². The van der Waals surface area contributed by atoms with Gasteiger partial charge in [-0.25, -0.2) is 19.9 Å². The van der Waals surface area contributed by atoms with Gasteiger partial charge < -0.3 is 16.0 Å². The Labute approximate surface area is 178 Å². The second-order valence-corrected chi connectivity index (χ2v) is 7.22. The number of fused-ring (bicyclic) bond motifs is 1. The van der Waals surface area contributed by atoms with Gasteiger partial charge in [0.1, 0.15) is 17.5 Å². The summed E-state index contributed by atoms with van der Waals surface area (Å²) in [5.41, 5.74) is 2.11. The molecule has 0 spiro atoms. The number of rotatable bonds is 5. The molecule has 4 aromatic heterocycles. The molecule has 9 nitrogen and oxygen atoms in total. The third-order valence-electron chi connectivity index (χ3n) is 5.06. The summed E-state index contributed by atoms with van der Waals surface area (Å²) in [6, 6.07) is 11.4. The van der Waals surface area contributed by atoms with Crippen LogP contribution in [0.25, 0.3) is 22.3 Å². The summed E-state index contributed by atoms with van der Waals surface area (Å²) >= 11 is 0. The summed E-state index contributed by atoms with van der Waals surface area (Å²) in [4.78, 5) is 22.3. The van der Waals surface area contributed by atoms with Gasteiger partial charge in [0.15, 0.2) is 5.82 Å². The molecular formula is C22H19N9. The monoisotopic (exact) mass is 409 g/mol. The van der Waals surface area contributed by atoms with Crippen molar-refractivity contribution in [3.05, 3.63) is 60.7 Å². The largest absolute Gasteiger partial charge is 0.365 e. The van der Waals surface area contributed by atoms with E-state index in [9.17, 15) is 0 Å². The van der Waals surface area contributed by atoms with Gasteiger partial charge in [-0.05, 0) is 43.3 Å².